The molecule has 2 saturated heterocycles. The molecule has 2 heterocycles. The summed E-state index contributed by atoms with van der Waals surface area (Å²) in [6.45, 7) is -1.05. The van der Waals surface area contributed by atoms with Crippen molar-refractivity contribution in [3.63, 3.8) is 0 Å². The molecule has 0 bridgehead atoms. The Morgan fingerprint density at radius 2 is 1.52 bits per heavy atom. The van der Waals surface area contributed by atoms with E-state index in [0.717, 1.165) is 5.56 Å². The van der Waals surface area contributed by atoms with Crippen LogP contribution in [0, 0.1) is 0 Å². The van der Waals surface area contributed by atoms with Crippen LogP contribution in [-0.2, 0) is 14.2 Å². The summed E-state index contributed by atoms with van der Waals surface area (Å²) in [6.07, 6.45) is -9.31. The predicted octanol–water partition coefficient (Wildman–Crippen LogP) is -2.66. The van der Waals surface area contributed by atoms with E-state index in [-0.39, 0.29) is 19.0 Å². The van der Waals surface area contributed by atoms with E-state index in [9.17, 15) is 25.5 Å². The van der Waals surface area contributed by atoms with E-state index in [2.05, 4.69) is 0 Å². The molecule has 3 rings (SSSR count). The van der Waals surface area contributed by atoms with Crippen LogP contribution < -0.4 is 9.47 Å². The van der Waals surface area contributed by atoms with Crippen molar-refractivity contribution in [3.05, 3.63) is 29.8 Å². The SMILES string of the molecule is COc1cc(/C=C/CO)ccc1O[C@@H]1O[C@H](CO[C@H]2O[C@H](CO)[C@@H](O)[C@H]2O)[C@@H](O)[C@H](O)[C@H]1O. The van der Waals surface area contributed by atoms with Gasteiger partial charge in [0.1, 0.15) is 42.7 Å². The molecule has 1 aromatic carbocycles. The molecule has 12 nitrogen and oxygen atoms in total. The van der Waals surface area contributed by atoms with Gasteiger partial charge in [-0.2, -0.15) is 0 Å². The van der Waals surface area contributed by atoms with Gasteiger partial charge in [0.15, 0.2) is 17.8 Å². The Morgan fingerprint density at radius 1 is 0.848 bits per heavy atom. The normalized spacial score (nSPS) is 36.9. The molecular weight excluding hydrogens is 444 g/mol. The molecule has 2 fully saturated rings. The lowest BCUT2D eigenvalue weighted by Crippen LogP contribution is -2.60. The molecule has 0 aromatic heterocycles. The van der Waals surface area contributed by atoms with Crippen molar-refractivity contribution in [1.29, 1.82) is 0 Å². The van der Waals surface area contributed by atoms with Gasteiger partial charge in [-0.1, -0.05) is 18.2 Å². The van der Waals surface area contributed by atoms with Crippen LogP contribution in [0.15, 0.2) is 24.3 Å². The Morgan fingerprint density at radius 3 is 2.15 bits per heavy atom. The fraction of sp³-hybridized carbons (Fsp3) is 0.619. The number of benzene rings is 1. The molecule has 0 unspecified atom stereocenters. The summed E-state index contributed by atoms with van der Waals surface area (Å²) < 4.78 is 27.2. The summed E-state index contributed by atoms with van der Waals surface area (Å²) in [6, 6.07) is 4.85. The van der Waals surface area contributed by atoms with Crippen molar-refractivity contribution in [2.75, 3.05) is 26.9 Å². The average molecular weight is 474 g/mol. The quantitative estimate of drug-likeness (QED) is 0.197. The van der Waals surface area contributed by atoms with Crippen molar-refractivity contribution in [1.82, 2.24) is 0 Å². The minimum absolute atomic E-state index is 0.130. The summed E-state index contributed by atoms with van der Waals surface area (Å²) in [7, 11) is 1.41. The molecule has 1 aromatic rings. The van der Waals surface area contributed by atoms with Gasteiger partial charge in [0.2, 0.25) is 6.29 Å². The van der Waals surface area contributed by atoms with Gasteiger partial charge in [-0.05, 0) is 17.7 Å². The zero-order chi connectivity index (χ0) is 24.1. The Kier molecular flexibility index (Phi) is 9.01. The first kappa shape index (κ1) is 25.8. The maximum absolute atomic E-state index is 10.3. The number of aliphatic hydroxyl groups excluding tert-OH is 7. The summed E-state index contributed by atoms with van der Waals surface area (Å²) in [4.78, 5) is 0. The van der Waals surface area contributed by atoms with Crippen LogP contribution in [0.25, 0.3) is 6.08 Å². The van der Waals surface area contributed by atoms with Gasteiger partial charge in [0, 0.05) is 0 Å². The van der Waals surface area contributed by atoms with Crippen LogP contribution in [0.2, 0.25) is 0 Å². The molecule has 186 valence electrons. The van der Waals surface area contributed by atoms with E-state index in [0.29, 0.717) is 5.75 Å². The summed E-state index contributed by atoms with van der Waals surface area (Å²) in [5.74, 6) is 0.486. The topological polar surface area (TPSA) is 188 Å². The van der Waals surface area contributed by atoms with Gasteiger partial charge in [-0.3, -0.25) is 0 Å². The van der Waals surface area contributed by atoms with Crippen molar-refractivity contribution < 1.29 is 59.4 Å². The lowest BCUT2D eigenvalue weighted by Gasteiger charge is -2.40. The molecule has 2 aliphatic heterocycles. The molecule has 0 amide bonds. The van der Waals surface area contributed by atoms with Crippen molar-refractivity contribution in [2.45, 2.75) is 55.3 Å². The Bertz CT molecular complexity index is 789. The van der Waals surface area contributed by atoms with Gasteiger partial charge < -0.3 is 59.4 Å². The van der Waals surface area contributed by atoms with Crippen LogP contribution in [0.4, 0.5) is 0 Å². The predicted molar refractivity (Wildman–Crippen MR) is 110 cm³/mol. The zero-order valence-electron chi connectivity index (χ0n) is 17.9. The Labute approximate surface area is 189 Å². The molecule has 33 heavy (non-hydrogen) atoms. The first-order valence-corrected chi connectivity index (χ1v) is 10.4. The third-order valence-electron chi connectivity index (χ3n) is 5.44. The first-order chi connectivity index (χ1) is 15.8. The third kappa shape index (κ3) is 5.81. The highest BCUT2D eigenvalue weighted by Gasteiger charge is 2.47. The smallest absolute Gasteiger partial charge is 0.229 e. The molecule has 2 aliphatic rings. The summed E-state index contributed by atoms with van der Waals surface area (Å²) in [5.41, 5.74) is 0.721. The number of aliphatic hydroxyl groups is 7. The molecule has 0 radical (unpaired) electrons. The zero-order valence-corrected chi connectivity index (χ0v) is 17.9. The third-order valence-corrected chi connectivity index (χ3v) is 5.44. The second kappa shape index (κ2) is 11.5. The van der Waals surface area contributed by atoms with Gasteiger partial charge in [0.25, 0.3) is 0 Å². The lowest BCUT2D eigenvalue weighted by atomic mass is 9.99. The van der Waals surface area contributed by atoms with E-state index < -0.39 is 61.9 Å². The van der Waals surface area contributed by atoms with Crippen molar-refractivity contribution in [2.24, 2.45) is 0 Å². The van der Waals surface area contributed by atoms with Crippen LogP contribution in [-0.4, -0.2) is 118 Å². The maximum atomic E-state index is 10.3. The van der Waals surface area contributed by atoms with Gasteiger partial charge >= 0.3 is 0 Å². The van der Waals surface area contributed by atoms with Crippen LogP contribution in [0.5, 0.6) is 11.5 Å². The number of hydrogen-bond donors (Lipinski definition) is 7. The first-order valence-electron chi connectivity index (χ1n) is 10.4. The molecule has 0 spiro atoms. The van der Waals surface area contributed by atoms with Gasteiger partial charge in [0.05, 0.1) is 26.9 Å². The number of ether oxygens (including phenoxy) is 5. The highest BCUT2D eigenvalue weighted by molar-refractivity contribution is 5.55. The van der Waals surface area contributed by atoms with E-state index in [1.54, 1.807) is 30.4 Å². The van der Waals surface area contributed by atoms with Gasteiger partial charge in [-0.25, -0.2) is 0 Å². The monoisotopic (exact) mass is 474 g/mol. The largest absolute Gasteiger partial charge is 0.493 e. The van der Waals surface area contributed by atoms with Crippen LogP contribution >= 0.6 is 0 Å². The van der Waals surface area contributed by atoms with Crippen LogP contribution in [0.1, 0.15) is 5.56 Å². The summed E-state index contributed by atoms with van der Waals surface area (Å²) in [5, 5.41) is 68.7. The fourth-order valence-electron chi connectivity index (χ4n) is 3.54. The van der Waals surface area contributed by atoms with Gasteiger partial charge in [-0.15, -0.1) is 0 Å². The average Bonchev–Trinajstić information content (AvgIpc) is 3.10. The van der Waals surface area contributed by atoms with E-state index in [1.807, 2.05) is 0 Å². The fourth-order valence-corrected chi connectivity index (χ4v) is 3.54. The second-order valence-corrected chi connectivity index (χ2v) is 7.67. The van der Waals surface area contributed by atoms with E-state index in [1.165, 1.54) is 7.11 Å². The van der Waals surface area contributed by atoms with E-state index >= 15 is 0 Å². The van der Waals surface area contributed by atoms with Crippen molar-refractivity contribution in [3.8, 4) is 11.5 Å². The minimum atomic E-state index is -1.64. The van der Waals surface area contributed by atoms with E-state index in [4.69, 9.17) is 33.9 Å². The lowest BCUT2D eigenvalue weighted by molar-refractivity contribution is -0.290. The summed E-state index contributed by atoms with van der Waals surface area (Å²) >= 11 is 0. The Hall–Kier alpha value is -1.84. The Balaban J connectivity index is 1.67. The number of hydrogen-bond acceptors (Lipinski definition) is 12. The molecule has 0 aliphatic carbocycles. The number of rotatable bonds is 9. The molecule has 9 atom stereocenters. The minimum Gasteiger partial charge on any atom is -0.493 e. The molecule has 12 heteroatoms. The van der Waals surface area contributed by atoms with Crippen LogP contribution in [0.3, 0.4) is 0 Å². The molecular formula is C21H30O12. The number of methoxy groups -OCH3 is 1. The standard InChI is InChI=1S/C21H30O12/c1-29-12-7-10(3-2-6-22)4-5-11(12)31-21-19(28)17(26)16(25)14(33-21)9-30-20-18(27)15(24)13(8-23)32-20/h2-5,7,13-28H,6,8-9H2,1H3/b3-2+/t13-,14-,15-,16-,17+,18-,19-,20+,21-/m1/s1. The van der Waals surface area contributed by atoms with Crippen molar-refractivity contribution >= 4 is 6.08 Å². The highest BCUT2D eigenvalue weighted by atomic mass is 16.7. The highest BCUT2D eigenvalue weighted by Crippen LogP contribution is 2.33. The maximum Gasteiger partial charge on any atom is 0.229 e. The molecule has 7 N–H and O–H groups in total. The molecule has 0 saturated carbocycles. The second-order valence-electron chi connectivity index (χ2n) is 7.67.